The monoisotopic (exact) mass is 233 g/mol. The fraction of sp³-hybridized carbons (Fsp3) is 1.00. The van der Waals surface area contributed by atoms with Gasteiger partial charge in [0.25, 0.3) is 7.59 Å². The molecule has 0 bridgehead atoms. The van der Waals surface area contributed by atoms with E-state index in [1.807, 2.05) is 4.67 Å². The van der Waals surface area contributed by atoms with Gasteiger partial charge in [0.2, 0.25) is 0 Å². The molecule has 1 aliphatic carbocycles. The Hall–Kier alpha value is 0.110. The maximum Gasteiger partial charge on any atom is 0.276 e. The fourth-order valence-electron chi connectivity index (χ4n) is 2.29. The first-order valence-corrected chi connectivity index (χ1v) is 7.79. The van der Waals surface area contributed by atoms with Crippen molar-refractivity contribution in [1.82, 2.24) is 4.67 Å². The van der Waals surface area contributed by atoms with Crippen molar-refractivity contribution in [3.05, 3.63) is 0 Å². The van der Waals surface area contributed by atoms with Crippen LogP contribution in [0.1, 0.15) is 51.9 Å². The summed E-state index contributed by atoms with van der Waals surface area (Å²) in [5, 5.41) is 0. The average molecular weight is 233 g/mol. The van der Waals surface area contributed by atoms with Gasteiger partial charge >= 0.3 is 0 Å². The highest BCUT2D eigenvalue weighted by molar-refractivity contribution is 7.56. The normalized spacial score (nSPS) is 19.7. The number of rotatable bonds is 5. The van der Waals surface area contributed by atoms with Gasteiger partial charge in [-0.05, 0) is 19.3 Å². The third-order valence-electron chi connectivity index (χ3n) is 3.14. The summed E-state index contributed by atoms with van der Waals surface area (Å²) in [4.78, 5) is 0. The summed E-state index contributed by atoms with van der Waals surface area (Å²) < 4.78 is 13.7. The second-order valence-corrected chi connectivity index (χ2v) is 6.34. The molecule has 0 atom stereocenters. The first-order chi connectivity index (χ1) is 7.05. The lowest BCUT2D eigenvalue weighted by Crippen LogP contribution is -2.39. The maximum absolute atomic E-state index is 11.8. The van der Waals surface area contributed by atoms with Crippen LogP contribution in [0.2, 0.25) is 0 Å². The average Bonchev–Trinajstić information content (AvgIpc) is 2.18. The highest BCUT2D eigenvalue weighted by Crippen LogP contribution is 2.38. The third kappa shape index (κ3) is 4.23. The molecular weight excluding hydrogens is 209 g/mol. The molecule has 0 aromatic carbocycles. The second kappa shape index (κ2) is 6.00. The summed E-state index contributed by atoms with van der Waals surface area (Å²) in [7, 11) is -3.04. The van der Waals surface area contributed by atoms with Gasteiger partial charge in [-0.3, -0.25) is 15.6 Å². The van der Waals surface area contributed by atoms with Crippen molar-refractivity contribution in [2.24, 2.45) is 11.0 Å². The van der Waals surface area contributed by atoms with Crippen molar-refractivity contribution in [2.75, 3.05) is 6.54 Å². The van der Waals surface area contributed by atoms with Gasteiger partial charge in [-0.25, -0.2) is 4.67 Å². The number of hydrogen-bond acceptors (Lipinski definition) is 1. The molecule has 90 valence electrons. The van der Waals surface area contributed by atoms with Crippen LogP contribution in [0, 0.1) is 0 Å². The zero-order valence-electron chi connectivity index (χ0n) is 9.69. The number of unbranched alkanes of at least 4 members (excludes halogenated alkanes) is 1. The minimum Gasteiger partial charge on any atom is -0.271 e. The van der Waals surface area contributed by atoms with Crippen LogP contribution in [0.4, 0.5) is 0 Å². The molecule has 1 fully saturated rings. The molecule has 0 saturated heterocycles. The van der Waals surface area contributed by atoms with Crippen molar-refractivity contribution < 1.29 is 4.57 Å². The predicted molar refractivity (Wildman–Crippen MR) is 64.5 cm³/mol. The zero-order valence-corrected chi connectivity index (χ0v) is 10.6. The Morgan fingerprint density at radius 2 is 1.87 bits per heavy atom. The predicted octanol–water partition coefficient (Wildman–Crippen LogP) is 2.45. The lowest BCUT2D eigenvalue weighted by atomic mass is 9.95. The standard InChI is InChI=1S/C10H24N3OP/c1-2-3-9-13(15(11,12)14)10-7-5-4-6-8-10/h10H,2-9H2,1H3,(H4,11,12,14). The number of hydrogen-bond donors (Lipinski definition) is 2. The topological polar surface area (TPSA) is 72.3 Å². The van der Waals surface area contributed by atoms with Gasteiger partial charge in [0.1, 0.15) is 0 Å². The van der Waals surface area contributed by atoms with Crippen molar-refractivity contribution in [3.8, 4) is 0 Å². The van der Waals surface area contributed by atoms with Crippen molar-refractivity contribution in [2.45, 2.75) is 57.9 Å². The van der Waals surface area contributed by atoms with Gasteiger partial charge in [-0.2, -0.15) is 0 Å². The summed E-state index contributed by atoms with van der Waals surface area (Å²) >= 11 is 0. The third-order valence-corrected chi connectivity index (χ3v) is 4.47. The number of nitrogens with zero attached hydrogens (tertiary/aromatic N) is 1. The Labute approximate surface area is 92.9 Å². The molecule has 0 unspecified atom stereocenters. The summed E-state index contributed by atoms with van der Waals surface area (Å²) in [6, 6.07) is 0.353. The molecule has 5 heteroatoms. The Bertz CT molecular complexity index is 223. The van der Waals surface area contributed by atoms with Gasteiger partial charge < -0.3 is 0 Å². The molecule has 0 radical (unpaired) electrons. The van der Waals surface area contributed by atoms with Gasteiger partial charge in [0, 0.05) is 12.6 Å². The molecule has 0 aliphatic heterocycles. The molecular formula is C10H24N3OP. The lowest BCUT2D eigenvalue weighted by molar-refractivity contribution is 0.248. The molecule has 1 rings (SSSR count). The van der Waals surface area contributed by atoms with Crippen LogP contribution in [0.3, 0.4) is 0 Å². The quantitative estimate of drug-likeness (QED) is 0.715. The van der Waals surface area contributed by atoms with Crippen LogP contribution in [-0.2, 0) is 4.57 Å². The van der Waals surface area contributed by atoms with Crippen molar-refractivity contribution in [1.29, 1.82) is 0 Å². The van der Waals surface area contributed by atoms with Gasteiger partial charge in [0.15, 0.2) is 0 Å². The molecule has 0 aromatic heterocycles. The van der Waals surface area contributed by atoms with E-state index in [2.05, 4.69) is 6.92 Å². The van der Waals surface area contributed by atoms with E-state index in [0.29, 0.717) is 6.04 Å². The lowest BCUT2D eigenvalue weighted by Gasteiger charge is -2.35. The minimum atomic E-state index is -3.04. The molecule has 0 amide bonds. The van der Waals surface area contributed by atoms with E-state index >= 15 is 0 Å². The van der Waals surface area contributed by atoms with E-state index < -0.39 is 7.59 Å². The molecule has 1 saturated carbocycles. The fourth-order valence-corrected chi connectivity index (χ4v) is 3.49. The Balaban J connectivity index is 2.57. The molecule has 0 aromatic rings. The van der Waals surface area contributed by atoms with E-state index in [1.165, 1.54) is 19.3 Å². The van der Waals surface area contributed by atoms with Crippen LogP contribution >= 0.6 is 7.59 Å². The highest BCUT2D eigenvalue weighted by atomic mass is 31.2. The molecule has 4 N–H and O–H groups in total. The van der Waals surface area contributed by atoms with E-state index in [1.54, 1.807) is 0 Å². The summed E-state index contributed by atoms with van der Waals surface area (Å²) in [6.07, 6.45) is 8.03. The van der Waals surface area contributed by atoms with Gasteiger partial charge in [0.05, 0.1) is 0 Å². The van der Waals surface area contributed by atoms with E-state index in [4.69, 9.17) is 11.0 Å². The summed E-state index contributed by atoms with van der Waals surface area (Å²) in [6.45, 7) is 2.91. The Morgan fingerprint density at radius 3 is 2.33 bits per heavy atom. The Kier molecular flexibility index (Phi) is 5.27. The summed E-state index contributed by atoms with van der Waals surface area (Å²) in [5.74, 6) is 0. The SMILES string of the molecule is CCCCN(C1CCCCC1)P(N)(N)=O. The largest absolute Gasteiger partial charge is 0.276 e. The van der Waals surface area contributed by atoms with Crippen LogP contribution in [0.25, 0.3) is 0 Å². The Morgan fingerprint density at radius 1 is 1.27 bits per heavy atom. The van der Waals surface area contributed by atoms with E-state index in [-0.39, 0.29) is 0 Å². The zero-order chi connectivity index (χ0) is 11.3. The molecule has 15 heavy (non-hydrogen) atoms. The molecule has 0 heterocycles. The van der Waals surface area contributed by atoms with Crippen molar-refractivity contribution in [3.63, 3.8) is 0 Å². The van der Waals surface area contributed by atoms with Gasteiger partial charge in [-0.1, -0.05) is 32.6 Å². The first-order valence-electron chi connectivity index (χ1n) is 6.00. The highest BCUT2D eigenvalue weighted by Gasteiger charge is 2.29. The number of nitrogens with two attached hydrogens (primary N) is 2. The van der Waals surface area contributed by atoms with E-state index in [9.17, 15) is 4.57 Å². The second-order valence-electron chi connectivity index (χ2n) is 4.48. The molecule has 1 aliphatic rings. The van der Waals surface area contributed by atoms with Crippen LogP contribution < -0.4 is 11.0 Å². The minimum absolute atomic E-state index is 0.353. The smallest absolute Gasteiger partial charge is 0.271 e. The molecule has 4 nitrogen and oxygen atoms in total. The van der Waals surface area contributed by atoms with E-state index in [0.717, 1.165) is 32.2 Å². The van der Waals surface area contributed by atoms with Crippen LogP contribution in [0.15, 0.2) is 0 Å². The van der Waals surface area contributed by atoms with Crippen molar-refractivity contribution >= 4 is 7.59 Å². The molecule has 0 spiro atoms. The first kappa shape index (κ1) is 13.2. The van der Waals surface area contributed by atoms with Gasteiger partial charge in [-0.15, -0.1) is 0 Å². The maximum atomic E-state index is 11.8. The van der Waals surface area contributed by atoms with Crippen LogP contribution in [-0.4, -0.2) is 17.3 Å². The summed E-state index contributed by atoms with van der Waals surface area (Å²) in [5.41, 5.74) is 11.2. The van der Waals surface area contributed by atoms with Crippen LogP contribution in [0.5, 0.6) is 0 Å².